The molecule has 0 spiro atoms. The summed E-state index contributed by atoms with van der Waals surface area (Å²) in [6.07, 6.45) is 2.44. The van der Waals surface area contributed by atoms with E-state index in [1.807, 2.05) is 12.1 Å². The smallest absolute Gasteiger partial charge is 0.164 e. The molecule has 0 amide bonds. The van der Waals surface area contributed by atoms with Gasteiger partial charge in [0.2, 0.25) is 0 Å². The summed E-state index contributed by atoms with van der Waals surface area (Å²) in [4.78, 5) is 0. The van der Waals surface area contributed by atoms with Gasteiger partial charge in [0.15, 0.2) is 5.75 Å². The van der Waals surface area contributed by atoms with Crippen LogP contribution in [0.5, 0.6) is 5.75 Å². The van der Waals surface area contributed by atoms with Crippen LogP contribution < -0.4 is 16.2 Å². The van der Waals surface area contributed by atoms with Gasteiger partial charge in [0.05, 0.1) is 18.5 Å². The van der Waals surface area contributed by atoms with Gasteiger partial charge in [0.25, 0.3) is 0 Å². The third kappa shape index (κ3) is 1.29. The molecule has 2 rings (SSSR count). The zero-order chi connectivity index (χ0) is 10.3. The molecule has 1 aromatic rings. The molecular formula is C11H16N2O. The Morgan fingerprint density at radius 3 is 2.07 bits per heavy atom. The molecule has 14 heavy (non-hydrogen) atoms. The third-order valence-corrected chi connectivity index (χ3v) is 3.05. The Bertz CT molecular complexity index is 347. The minimum Gasteiger partial charge on any atom is -0.492 e. The molecular weight excluding hydrogens is 176 g/mol. The monoisotopic (exact) mass is 192 g/mol. The van der Waals surface area contributed by atoms with E-state index in [2.05, 4.69) is 6.92 Å². The van der Waals surface area contributed by atoms with Gasteiger partial charge in [0.1, 0.15) is 0 Å². The van der Waals surface area contributed by atoms with Gasteiger partial charge >= 0.3 is 0 Å². The fourth-order valence-electron chi connectivity index (χ4n) is 1.73. The summed E-state index contributed by atoms with van der Waals surface area (Å²) in [6.45, 7) is 2.23. The zero-order valence-corrected chi connectivity index (χ0v) is 8.63. The number of nitrogen functional groups attached to an aromatic ring is 2. The molecule has 3 nitrogen and oxygen atoms in total. The predicted molar refractivity (Wildman–Crippen MR) is 58.4 cm³/mol. The topological polar surface area (TPSA) is 61.3 Å². The Morgan fingerprint density at radius 2 is 1.71 bits per heavy atom. The number of hydrogen-bond donors (Lipinski definition) is 2. The quantitative estimate of drug-likeness (QED) is 0.704. The van der Waals surface area contributed by atoms with Crippen molar-refractivity contribution in [3.63, 3.8) is 0 Å². The molecule has 1 aliphatic rings. The first-order chi connectivity index (χ1) is 6.57. The third-order valence-electron chi connectivity index (χ3n) is 3.05. The number of rotatable bonds is 2. The Labute approximate surface area is 84.0 Å². The van der Waals surface area contributed by atoms with Gasteiger partial charge in [-0.2, -0.15) is 0 Å². The van der Waals surface area contributed by atoms with E-state index in [0.717, 1.165) is 0 Å². The van der Waals surface area contributed by atoms with Crippen molar-refractivity contribution < 1.29 is 4.74 Å². The molecule has 0 heterocycles. The molecule has 0 aromatic heterocycles. The van der Waals surface area contributed by atoms with E-state index in [0.29, 0.717) is 22.5 Å². The molecule has 1 aliphatic carbocycles. The average molecular weight is 192 g/mol. The van der Waals surface area contributed by atoms with Crippen LogP contribution in [0.4, 0.5) is 11.4 Å². The molecule has 0 unspecified atom stereocenters. The lowest BCUT2D eigenvalue weighted by Gasteiger charge is -2.14. The van der Waals surface area contributed by atoms with Gasteiger partial charge < -0.3 is 16.2 Å². The van der Waals surface area contributed by atoms with Crippen LogP contribution in [-0.2, 0) is 5.41 Å². The number of hydrogen-bond acceptors (Lipinski definition) is 3. The maximum Gasteiger partial charge on any atom is 0.164 e. The SMILES string of the molecule is COc1c(N)cc(C2(C)CC2)cc1N. The van der Waals surface area contributed by atoms with Crippen molar-refractivity contribution >= 4 is 11.4 Å². The van der Waals surface area contributed by atoms with E-state index in [-0.39, 0.29) is 0 Å². The first-order valence-corrected chi connectivity index (χ1v) is 4.80. The molecule has 3 heteroatoms. The van der Waals surface area contributed by atoms with Gasteiger partial charge in [-0.05, 0) is 36.0 Å². The van der Waals surface area contributed by atoms with E-state index in [9.17, 15) is 0 Å². The van der Waals surface area contributed by atoms with Crippen molar-refractivity contribution in [2.75, 3.05) is 18.6 Å². The second-order valence-corrected chi connectivity index (χ2v) is 4.25. The lowest BCUT2D eigenvalue weighted by Crippen LogP contribution is -2.05. The first kappa shape index (κ1) is 9.19. The number of methoxy groups -OCH3 is 1. The highest BCUT2D eigenvalue weighted by molar-refractivity contribution is 5.69. The highest BCUT2D eigenvalue weighted by Gasteiger charge is 2.39. The normalized spacial score (nSPS) is 17.9. The standard InChI is InChI=1S/C11H16N2O/c1-11(3-4-11)7-5-8(12)10(14-2)9(13)6-7/h5-6H,3-4,12-13H2,1-2H3. The minimum atomic E-state index is 0.300. The summed E-state index contributed by atoms with van der Waals surface area (Å²) in [5.74, 6) is 0.595. The Balaban J connectivity index is 2.47. The number of nitrogens with two attached hydrogens (primary N) is 2. The number of ether oxygens (including phenoxy) is 1. The maximum atomic E-state index is 5.85. The molecule has 1 fully saturated rings. The Hall–Kier alpha value is -1.38. The Kier molecular flexibility index (Phi) is 1.84. The summed E-state index contributed by atoms with van der Waals surface area (Å²) < 4.78 is 5.11. The van der Waals surface area contributed by atoms with Crippen molar-refractivity contribution in [2.45, 2.75) is 25.2 Å². The molecule has 1 saturated carbocycles. The molecule has 76 valence electrons. The molecule has 0 aliphatic heterocycles. The lowest BCUT2D eigenvalue weighted by atomic mass is 9.97. The minimum absolute atomic E-state index is 0.300. The van der Waals surface area contributed by atoms with Crippen molar-refractivity contribution in [1.82, 2.24) is 0 Å². The highest BCUT2D eigenvalue weighted by Crippen LogP contribution is 2.49. The molecule has 0 saturated heterocycles. The number of benzene rings is 1. The van der Waals surface area contributed by atoms with Gasteiger partial charge in [-0.3, -0.25) is 0 Å². The van der Waals surface area contributed by atoms with Crippen LogP contribution in [0.2, 0.25) is 0 Å². The van der Waals surface area contributed by atoms with Crippen LogP contribution in [0.1, 0.15) is 25.3 Å². The van der Waals surface area contributed by atoms with Crippen LogP contribution in [-0.4, -0.2) is 7.11 Å². The number of anilines is 2. The maximum absolute atomic E-state index is 5.85. The van der Waals surface area contributed by atoms with E-state index >= 15 is 0 Å². The van der Waals surface area contributed by atoms with Gasteiger partial charge in [-0.25, -0.2) is 0 Å². The Morgan fingerprint density at radius 1 is 1.21 bits per heavy atom. The van der Waals surface area contributed by atoms with E-state index < -0.39 is 0 Å². The van der Waals surface area contributed by atoms with E-state index in [1.54, 1.807) is 7.11 Å². The molecule has 1 aromatic carbocycles. The summed E-state index contributed by atoms with van der Waals surface area (Å²) in [5.41, 5.74) is 14.5. The largest absolute Gasteiger partial charge is 0.492 e. The van der Waals surface area contributed by atoms with E-state index in [1.165, 1.54) is 18.4 Å². The summed E-state index contributed by atoms with van der Waals surface area (Å²) in [7, 11) is 1.58. The fraction of sp³-hybridized carbons (Fsp3) is 0.455. The van der Waals surface area contributed by atoms with Crippen LogP contribution in [0, 0.1) is 0 Å². The summed E-state index contributed by atoms with van der Waals surface area (Å²) >= 11 is 0. The molecule has 0 bridgehead atoms. The van der Waals surface area contributed by atoms with Gasteiger partial charge in [0, 0.05) is 0 Å². The van der Waals surface area contributed by atoms with Gasteiger partial charge in [-0.1, -0.05) is 6.92 Å². The van der Waals surface area contributed by atoms with Crippen molar-refractivity contribution in [2.24, 2.45) is 0 Å². The van der Waals surface area contributed by atoms with Crippen LogP contribution in [0.3, 0.4) is 0 Å². The zero-order valence-electron chi connectivity index (χ0n) is 8.63. The second-order valence-electron chi connectivity index (χ2n) is 4.25. The fourth-order valence-corrected chi connectivity index (χ4v) is 1.73. The van der Waals surface area contributed by atoms with E-state index in [4.69, 9.17) is 16.2 Å². The van der Waals surface area contributed by atoms with Crippen molar-refractivity contribution in [3.05, 3.63) is 17.7 Å². The van der Waals surface area contributed by atoms with Crippen LogP contribution in [0.15, 0.2) is 12.1 Å². The molecule has 0 atom stereocenters. The highest BCUT2D eigenvalue weighted by atomic mass is 16.5. The first-order valence-electron chi connectivity index (χ1n) is 4.80. The molecule has 4 N–H and O–H groups in total. The summed E-state index contributed by atoms with van der Waals surface area (Å²) in [5, 5.41) is 0. The molecule has 0 radical (unpaired) electrons. The summed E-state index contributed by atoms with van der Waals surface area (Å²) in [6, 6.07) is 3.95. The van der Waals surface area contributed by atoms with Crippen molar-refractivity contribution in [3.8, 4) is 5.75 Å². The van der Waals surface area contributed by atoms with Crippen LogP contribution in [0.25, 0.3) is 0 Å². The van der Waals surface area contributed by atoms with Crippen molar-refractivity contribution in [1.29, 1.82) is 0 Å². The lowest BCUT2D eigenvalue weighted by molar-refractivity contribution is 0.419. The average Bonchev–Trinajstić information content (AvgIpc) is 2.84. The second kappa shape index (κ2) is 2.80. The predicted octanol–water partition coefficient (Wildman–Crippen LogP) is 1.91. The van der Waals surface area contributed by atoms with Gasteiger partial charge in [-0.15, -0.1) is 0 Å². The van der Waals surface area contributed by atoms with Crippen LogP contribution >= 0.6 is 0 Å².